The van der Waals surface area contributed by atoms with Gasteiger partial charge in [-0.2, -0.15) is 13.2 Å². The molecule has 0 fully saturated rings. The lowest BCUT2D eigenvalue weighted by atomic mass is 10.2. The summed E-state index contributed by atoms with van der Waals surface area (Å²) in [5.74, 6) is -1.35. The van der Waals surface area contributed by atoms with E-state index in [9.17, 15) is 17.6 Å². The van der Waals surface area contributed by atoms with E-state index < -0.39 is 17.6 Å². The summed E-state index contributed by atoms with van der Waals surface area (Å²) in [6, 6.07) is 2.54. The fraction of sp³-hybridized carbons (Fsp3) is 0.455. The molecule has 0 spiro atoms. The highest BCUT2D eigenvalue weighted by Gasteiger charge is 2.34. The first-order chi connectivity index (χ1) is 7.88. The molecule has 0 aromatic heterocycles. The first kappa shape index (κ1) is 13.8. The van der Waals surface area contributed by atoms with Crippen LogP contribution in [0.25, 0.3) is 0 Å². The topological polar surface area (TPSA) is 35.2 Å². The van der Waals surface area contributed by atoms with Gasteiger partial charge in [0.1, 0.15) is 17.7 Å². The van der Waals surface area contributed by atoms with Gasteiger partial charge in [-0.3, -0.25) is 0 Å². The molecule has 0 bridgehead atoms. The molecule has 0 radical (unpaired) electrons. The van der Waals surface area contributed by atoms with Crippen LogP contribution >= 0.6 is 0 Å². The molecule has 0 saturated heterocycles. The normalized spacial score (nSPS) is 13.5. The van der Waals surface area contributed by atoms with Gasteiger partial charge in [-0.15, -0.1) is 0 Å². The number of hydrogen-bond donors (Lipinski definition) is 1. The molecule has 96 valence electrons. The molecule has 2 nitrogen and oxygen atoms in total. The number of ether oxygens (including phenoxy) is 1. The van der Waals surface area contributed by atoms with Crippen molar-refractivity contribution in [2.24, 2.45) is 5.73 Å². The molecular formula is C11H13F4NO. The van der Waals surface area contributed by atoms with Gasteiger partial charge in [0.15, 0.2) is 0 Å². The number of halogens is 4. The molecular weight excluding hydrogens is 238 g/mol. The second kappa shape index (κ2) is 5.35. The summed E-state index contributed by atoms with van der Waals surface area (Å²) in [5.41, 5.74) is 4.03. The summed E-state index contributed by atoms with van der Waals surface area (Å²) in [6.45, 7) is 1.99. The van der Waals surface area contributed by atoms with Crippen molar-refractivity contribution < 1.29 is 22.3 Å². The fourth-order valence-electron chi connectivity index (χ4n) is 1.29. The molecule has 2 N–H and O–H groups in total. The van der Waals surface area contributed by atoms with E-state index >= 15 is 0 Å². The van der Waals surface area contributed by atoms with Gasteiger partial charge in [0.25, 0.3) is 0 Å². The Balaban J connectivity index is 2.97. The zero-order valence-corrected chi connectivity index (χ0v) is 9.22. The van der Waals surface area contributed by atoms with Crippen LogP contribution in [0.3, 0.4) is 0 Å². The average molecular weight is 251 g/mol. The minimum absolute atomic E-state index is 0.0315. The Morgan fingerprint density at radius 1 is 1.35 bits per heavy atom. The lowest BCUT2D eigenvalue weighted by Gasteiger charge is -2.17. The fourth-order valence-corrected chi connectivity index (χ4v) is 1.29. The standard InChI is InChI=1S/C11H13F4NO/c1-2-7(6-16)17-8-3-4-10(12)9(5-8)11(13,14)15/h3-5,7H,2,6,16H2,1H3. The molecule has 1 rings (SSSR count). The number of hydrogen-bond acceptors (Lipinski definition) is 2. The molecule has 1 aromatic carbocycles. The molecule has 0 heterocycles. The highest BCUT2D eigenvalue weighted by molar-refractivity contribution is 5.31. The minimum Gasteiger partial charge on any atom is -0.489 e. The van der Waals surface area contributed by atoms with Gasteiger partial charge in [-0.1, -0.05) is 6.92 Å². The number of benzene rings is 1. The zero-order chi connectivity index (χ0) is 13.1. The van der Waals surface area contributed by atoms with E-state index in [2.05, 4.69) is 0 Å². The maximum atomic E-state index is 13.0. The lowest BCUT2D eigenvalue weighted by Crippen LogP contribution is -2.25. The monoisotopic (exact) mass is 251 g/mol. The summed E-state index contributed by atoms with van der Waals surface area (Å²) < 4.78 is 55.4. The quantitative estimate of drug-likeness (QED) is 0.835. The molecule has 1 aromatic rings. The van der Waals surface area contributed by atoms with Crippen LogP contribution in [0.5, 0.6) is 5.75 Å². The van der Waals surface area contributed by atoms with E-state index in [-0.39, 0.29) is 18.4 Å². The Kier molecular flexibility index (Phi) is 4.34. The van der Waals surface area contributed by atoms with Crippen molar-refractivity contribution in [1.29, 1.82) is 0 Å². The largest absolute Gasteiger partial charge is 0.489 e. The molecule has 0 aliphatic heterocycles. The van der Waals surface area contributed by atoms with Gasteiger partial charge >= 0.3 is 6.18 Å². The third kappa shape index (κ3) is 3.59. The Bertz CT molecular complexity index is 374. The van der Waals surface area contributed by atoms with Gasteiger partial charge in [-0.05, 0) is 24.6 Å². The summed E-state index contributed by atoms with van der Waals surface area (Å²) in [7, 11) is 0. The van der Waals surface area contributed by atoms with E-state index in [1.807, 2.05) is 0 Å². The Morgan fingerprint density at radius 2 is 2.00 bits per heavy atom. The van der Waals surface area contributed by atoms with Crippen molar-refractivity contribution in [3.8, 4) is 5.75 Å². The van der Waals surface area contributed by atoms with Crippen LogP contribution in [0, 0.1) is 5.82 Å². The predicted octanol–water partition coefficient (Wildman–Crippen LogP) is 2.96. The molecule has 0 amide bonds. The SMILES string of the molecule is CCC(CN)Oc1ccc(F)c(C(F)(F)F)c1. The molecule has 0 aliphatic carbocycles. The number of nitrogens with two attached hydrogens (primary N) is 1. The van der Waals surface area contributed by atoms with Crippen LogP contribution in [0.4, 0.5) is 17.6 Å². The summed E-state index contributed by atoms with van der Waals surface area (Å²) in [6.07, 6.45) is -4.54. The van der Waals surface area contributed by atoms with Crippen molar-refractivity contribution in [3.05, 3.63) is 29.6 Å². The third-order valence-electron chi connectivity index (χ3n) is 2.26. The molecule has 1 atom stereocenters. The molecule has 0 saturated carbocycles. The van der Waals surface area contributed by atoms with Crippen LogP contribution in [-0.4, -0.2) is 12.6 Å². The first-order valence-corrected chi connectivity index (χ1v) is 5.12. The van der Waals surface area contributed by atoms with Crippen molar-refractivity contribution in [2.75, 3.05) is 6.54 Å². The Hall–Kier alpha value is -1.30. The van der Waals surface area contributed by atoms with Crippen LogP contribution in [0.1, 0.15) is 18.9 Å². The van der Waals surface area contributed by atoms with E-state index in [1.54, 1.807) is 6.92 Å². The highest BCUT2D eigenvalue weighted by atomic mass is 19.4. The van der Waals surface area contributed by atoms with Gasteiger partial charge in [-0.25, -0.2) is 4.39 Å². The van der Waals surface area contributed by atoms with E-state index in [1.165, 1.54) is 0 Å². The second-order valence-corrected chi connectivity index (χ2v) is 3.52. The van der Waals surface area contributed by atoms with Gasteiger partial charge in [0, 0.05) is 6.54 Å². The Labute approximate surface area is 96.4 Å². The summed E-state index contributed by atoms with van der Waals surface area (Å²) in [5, 5.41) is 0. The summed E-state index contributed by atoms with van der Waals surface area (Å²) >= 11 is 0. The van der Waals surface area contributed by atoms with E-state index in [4.69, 9.17) is 10.5 Å². The Morgan fingerprint density at radius 3 is 2.47 bits per heavy atom. The smallest absolute Gasteiger partial charge is 0.419 e. The van der Waals surface area contributed by atoms with Crippen LogP contribution in [0.2, 0.25) is 0 Å². The van der Waals surface area contributed by atoms with Crippen molar-refractivity contribution in [3.63, 3.8) is 0 Å². The van der Waals surface area contributed by atoms with Crippen molar-refractivity contribution in [2.45, 2.75) is 25.6 Å². The van der Waals surface area contributed by atoms with Crippen LogP contribution in [-0.2, 0) is 6.18 Å². The first-order valence-electron chi connectivity index (χ1n) is 5.12. The van der Waals surface area contributed by atoms with Gasteiger partial charge < -0.3 is 10.5 Å². The molecule has 17 heavy (non-hydrogen) atoms. The maximum Gasteiger partial charge on any atom is 0.419 e. The van der Waals surface area contributed by atoms with E-state index in [0.29, 0.717) is 12.5 Å². The average Bonchev–Trinajstić information content (AvgIpc) is 2.26. The van der Waals surface area contributed by atoms with E-state index in [0.717, 1.165) is 12.1 Å². The number of alkyl halides is 3. The zero-order valence-electron chi connectivity index (χ0n) is 9.22. The van der Waals surface area contributed by atoms with Crippen molar-refractivity contribution >= 4 is 0 Å². The second-order valence-electron chi connectivity index (χ2n) is 3.52. The van der Waals surface area contributed by atoms with Gasteiger partial charge in [0.2, 0.25) is 0 Å². The van der Waals surface area contributed by atoms with Crippen LogP contribution < -0.4 is 10.5 Å². The molecule has 0 aliphatic rings. The molecule has 6 heteroatoms. The lowest BCUT2D eigenvalue weighted by molar-refractivity contribution is -0.140. The molecule has 1 unspecified atom stereocenters. The maximum absolute atomic E-state index is 13.0. The van der Waals surface area contributed by atoms with Crippen molar-refractivity contribution in [1.82, 2.24) is 0 Å². The minimum atomic E-state index is -4.73. The predicted molar refractivity (Wildman–Crippen MR) is 55.2 cm³/mol. The summed E-state index contributed by atoms with van der Waals surface area (Å²) in [4.78, 5) is 0. The third-order valence-corrected chi connectivity index (χ3v) is 2.26. The van der Waals surface area contributed by atoms with Gasteiger partial charge in [0.05, 0.1) is 5.56 Å². The number of rotatable bonds is 4. The highest BCUT2D eigenvalue weighted by Crippen LogP contribution is 2.33. The van der Waals surface area contributed by atoms with Crippen LogP contribution in [0.15, 0.2) is 18.2 Å².